The number of aldehydes is 1. The average molecular weight is 1540 g/mol. The molecular formula is C80H104FK2N8O11PSi2. The fourth-order valence-corrected chi connectivity index (χ4v) is 22.8. The molecule has 25 heteroatoms. The third kappa shape index (κ3) is 29.3. The van der Waals surface area contributed by atoms with Crippen LogP contribution in [0.25, 0.3) is 6.08 Å². The van der Waals surface area contributed by atoms with Gasteiger partial charge in [0, 0.05) is 108 Å². The first-order chi connectivity index (χ1) is 50.2. The third-order valence-electron chi connectivity index (χ3n) is 17.7. The Morgan fingerprint density at radius 3 is 1.30 bits per heavy atom. The predicted molar refractivity (Wildman–Crippen MR) is 411 cm³/mol. The molecule has 0 fully saturated rings. The van der Waals surface area contributed by atoms with E-state index in [0.29, 0.717) is 31.6 Å². The Kier molecular flexibility index (Phi) is 42.3. The standard InChI is InChI=1S/C38H46N4O2Si.C24H28N2O2Si.C16H25N2O4P.CH3F.CH2O3.2K.H/c1-38(2,3)45(34-17-6-4-7-18-34,35-19-8-5-9-20-35)44-27-13-21-36-40-28-30(29-41-36)22-25-33(43)16-11-10-15-32-24-23-31-14-12-26-39-37(31)42-32;1-24(2,3)29(21-11-6-4-7-12-21,22-13-8-5-9-14-22)28-16-10-15-23-25-17-20(19-27)18-26-23;1-21-23(20,22-2)12-15(19)8-4-3-7-14-10-9-13-6-5-11-17-16(13)18-14;1-2;2-1-4-3;;;/h4-9,17-20,22-25,28-29H,10-16,21,26-27H2,1-3H3,(H,39,42);4-9,11-14,17-19H,10,15-16H2,1-3H3;9-10H,3-8,11-12H2,1-2H3,(H,17,18);1H3;1,3H;;;/q;;;;;2*+1;-1/p-1/b25-22+;;;;;;;/i;;;1D;;;;. The van der Waals surface area contributed by atoms with Crippen LogP contribution in [0, 0.1) is 0 Å². The number of nitrogens with zero attached hydrogens (tertiary/aromatic N) is 6. The number of rotatable bonds is 32. The minimum atomic E-state index is -3.23. The van der Waals surface area contributed by atoms with Crippen molar-refractivity contribution in [3.8, 4) is 0 Å². The summed E-state index contributed by atoms with van der Waals surface area (Å²) >= 11 is 0. The van der Waals surface area contributed by atoms with Gasteiger partial charge in [-0.1, -0.05) is 175 Å². The Balaban J connectivity index is 0.000000415. The molecule has 10 rings (SSSR count). The molecule has 0 saturated heterocycles. The van der Waals surface area contributed by atoms with Crippen molar-refractivity contribution in [1.82, 2.24) is 29.9 Å². The number of fused-ring (bicyclic) bond motifs is 2. The average Bonchev–Trinajstić information content (AvgIpc) is 0.754. The van der Waals surface area contributed by atoms with Gasteiger partial charge >= 0.3 is 110 Å². The molecule has 2 N–H and O–H groups in total. The van der Waals surface area contributed by atoms with Gasteiger partial charge in [0.2, 0.25) is 0 Å². The monoisotopic (exact) mass is 1540 g/mol. The molecule has 0 saturated carbocycles. The molecule has 6 heterocycles. The maximum atomic E-state index is 12.5. The van der Waals surface area contributed by atoms with E-state index in [1.54, 1.807) is 30.9 Å². The zero-order valence-corrected chi connectivity index (χ0v) is 72.2. The number of nitrogens with one attached hydrogen (secondary N) is 2. The van der Waals surface area contributed by atoms with Crippen LogP contribution in [0.1, 0.15) is 159 Å². The van der Waals surface area contributed by atoms with E-state index >= 15 is 0 Å². The van der Waals surface area contributed by atoms with Crippen LogP contribution in [0.5, 0.6) is 0 Å². The Bertz CT molecular complexity index is 3860. The van der Waals surface area contributed by atoms with E-state index in [1.807, 2.05) is 6.08 Å². The number of Topliss-reactive ketones (excluding diaryl/α,β-unsaturated/α-hetero) is 1. The first-order valence-corrected chi connectivity index (χ1v) is 40.8. The zero-order chi connectivity index (χ0) is 75.1. The summed E-state index contributed by atoms with van der Waals surface area (Å²) < 4.78 is 50.8. The summed E-state index contributed by atoms with van der Waals surface area (Å²) in [6.45, 7) is 16.8. The first-order valence-electron chi connectivity index (χ1n) is 36.0. The van der Waals surface area contributed by atoms with Crippen LogP contribution in [0.4, 0.5) is 16.0 Å². The molecule has 0 radical (unpaired) electrons. The molecule has 552 valence electrons. The number of alkyl halides is 1. The molecule has 4 aromatic carbocycles. The van der Waals surface area contributed by atoms with Gasteiger partial charge in [-0.15, -0.1) is 0 Å². The zero-order valence-electron chi connectivity index (χ0n) is 65.0. The van der Waals surface area contributed by atoms with Gasteiger partial charge in [0.15, 0.2) is 12.1 Å². The molecule has 2 aliphatic rings. The topological polar surface area (TPSA) is 256 Å². The summed E-state index contributed by atoms with van der Waals surface area (Å²) in [6, 6.07) is 51.3. The van der Waals surface area contributed by atoms with E-state index in [-0.39, 0.29) is 138 Å². The van der Waals surface area contributed by atoms with Gasteiger partial charge in [-0.2, -0.15) is 0 Å². The molecule has 0 spiro atoms. The van der Waals surface area contributed by atoms with Crippen molar-refractivity contribution < 1.29 is 162 Å². The number of allylic oxidation sites excluding steroid dienone is 1. The van der Waals surface area contributed by atoms with Crippen molar-refractivity contribution in [2.45, 2.75) is 154 Å². The molecule has 105 heavy (non-hydrogen) atoms. The number of aryl methyl sites for hydroxylation is 6. The van der Waals surface area contributed by atoms with Crippen LogP contribution in [-0.2, 0) is 80.3 Å². The number of aromatic nitrogens is 6. The van der Waals surface area contributed by atoms with Gasteiger partial charge in [-0.25, -0.2) is 29.9 Å². The van der Waals surface area contributed by atoms with Crippen molar-refractivity contribution in [3.05, 3.63) is 222 Å². The number of hydrogen-bond acceptors (Lipinski definition) is 19. The summed E-state index contributed by atoms with van der Waals surface area (Å²) in [7, 11) is -6.66. The molecule has 4 aromatic heterocycles. The van der Waals surface area contributed by atoms with E-state index in [4.69, 9.17) is 34.3 Å². The molecule has 2 aliphatic heterocycles. The molecule has 0 atom stereocenters. The third-order valence-corrected chi connectivity index (χ3v) is 29.7. The molecule has 0 aliphatic carbocycles. The van der Waals surface area contributed by atoms with E-state index in [2.05, 4.69) is 228 Å². The van der Waals surface area contributed by atoms with Gasteiger partial charge in [0.05, 0.1) is 14.1 Å². The van der Waals surface area contributed by atoms with Crippen LogP contribution in [0.15, 0.2) is 176 Å². The summed E-state index contributed by atoms with van der Waals surface area (Å²) in [6.07, 6.45) is 24.5. The number of ketones is 2. The number of unbranched alkanes of at least 4 members (excludes halogenated alkanes) is 2. The number of anilines is 2. The van der Waals surface area contributed by atoms with Gasteiger partial charge in [0.25, 0.3) is 23.1 Å². The Hall–Kier alpha value is -5.17. The van der Waals surface area contributed by atoms with Gasteiger partial charge < -0.3 is 40.1 Å². The van der Waals surface area contributed by atoms with Gasteiger partial charge in [0.1, 0.15) is 35.2 Å². The number of carbonyl (C=O) groups excluding carboxylic acids is 4. The molecular weight excluding hydrogens is 1430 g/mol. The van der Waals surface area contributed by atoms with E-state index in [1.165, 1.54) is 52.5 Å². The van der Waals surface area contributed by atoms with Crippen molar-refractivity contribution in [3.63, 3.8) is 0 Å². The van der Waals surface area contributed by atoms with Gasteiger partial charge in [-0.05, 0) is 143 Å². The molecule has 19 nitrogen and oxygen atoms in total. The second-order valence-electron chi connectivity index (χ2n) is 27.0. The second kappa shape index (κ2) is 49.1. The largest absolute Gasteiger partial charge is 1.00 e. The van der Waals surface area contributed by atoms with Crippen molar-refractivity contribution in [1.29, 1.82) is 0 Å². The summed E-state index contributed by atoms with van der Waals surface area (Å²) in [5, 5.41) is 20.2. The van der Waals surface area contributed by atoms with E-state index in [0.717, 1.165) is 143 Å². The maximum Gasteiger partial charge on any atom is 1.00 e. The molecule has 0 unspecified atom stereocenters. The number of carbonyl (C=O) groups is 4. The Morgan fingerprint density at radius 1 is 0.571 bits per heavy atom. The van der Waals surface area contributed by atoms with Crippen LogP contribution in [-0.4, -0.2) is 125 Å². The van der Waals surface area contributed by atoms with E-state index < -0.39 is 31.4 Å². The van der Waals surface area contributed by atoms with Crippen molar-refractivity contribution >= 4 is 87.0 Å². The minimum Gasteiger partial charge on any atom is -1.00 e. The number of benzene rings is 4. The van der Waals surface area contributed by atoms with E-state index in [9.17, 15) is 23.3 Å². The number of pyridine rings is 2. The van der Waals surface area contributed by atoms with Crippen molar-refractivity contribution in [2.75, 3.05) is 64.5 Å². The number of halogens is 1. The summed E-state index contributed by atoms with van der Waals surface area (Å²) in [4.78, 5) is 73.3. The minimum absolute atomic E-state index is 0. The maximum absolute atomic E-state index is 12.5. The van der Waals surface area contributed by atoms with Crippen LogP contribution >= 0.6 is 7.60 Å². The quantitative estimate of drug-likeness (QED) is 0.00828. The molecule has 8 aromatic rings. The van der Waals surface area contributed by atoms with Crippen LogP contribution in [0.3, 0.4) is 0 Å². The van der Waals surface area contributed by atoms with Gasteiger partial charge in [-0.3, -0.25) is 28.1 Å². The molecule has 0 amide bonds. The van der Waals surface area contributed by atoms with Crippen LogP contribution in [0.2, 0.25) is 10.1 Å². The van der Waals surface area contributed by atoms with Crippen LogP contribution < -0.4 is 139 Å². The second-order valence-corrected chi connectivity index (χ2v) is 37.9. The fraction of sp³-hybridized carbons (Fsp3) is 0.400. The summed E-state index contributed by atoms with van der Waals surface area (Å²) in [5.74, 6) is 3.61. The fourth-order valence-electron chi connectivity index (χ4n) is 12.6. The molecule has 0 bridgehead atoms. The SMILES string of the molecule is CC(C)(C)[Si](OCCCc1ncc(/C=C/C(=O)CCCCc2ccc3c(n2)NCCC3)cn1)(c1ccccc1)c1ccccc1.CC(C)(C)[Si](OCCCc1ncc(C=O)cn1)(c1ccccc1)c1ccccc1.COP(=O)(CC(=O)CCCCc1ccc2c(n1)NCCC2)OC.O=CO[O-].[2H]CF.[H-].[K+].[K+]. The first kappa shape index (κ1) is 90.4. The predicted octanol–water partition coefficient (Wildman–Crippen LogP) is 6.88. The number of hydrogen-bond donors (Lipinski definition) is 2. The smallest absolute Gasteiger partial charge is 1.00 e. The van der Waals surface area contributed by atoms with Crippen molar-refractivity contribution in [2.24, 2.45) is 0 Å². The summed E-state index contributed by atoms with van der Waals surface area (Å²) in [5.41, 5.74) is 6.06. The normalized spacial score (nSPS) is 12.5. The Labute approximate surface area is 711 Å². The Morgan fingerprint density at radius 2 is 0.943 bits per heavy atom.